The Bertz CT molecular complexity index is 2020. The molecule has 0 bridgehead atoms. The largest absolute Gasteiger partial charge is 0.320 e. The van der Waals surface area contributed by atoms with Crippen LogP contribution in [0.5, 0.6) is 0 Å². The van der Waals surface area contributed by atoms with Gasteiger partial charge in [0.25, 0.3) is 0 Å². The van der Waals surface area contributed by atoms with Crippen LogP contribution in [0.25, 0.3) is 22.2 Å². The first kappa shape index (κ1) is 30.0. The van der Waals surface area contributed by atoms with Crippen molar-refractivity contribution < 1.29 is 0 Å². The predicted molar refractivity (Wildman–Crippen MR) is 189 cm³/mol. The van der Waals surface area contributed by atoms with E-state index in [2.05, 4.69) is 138 Å². The fourth-order valence-electron chi connectivity index (χ4n) is 7.06. The number of aromatic nitrogens is 4. The summed E-state index contributed by atoms with van der Waals surface area (Å²) < 4.78 is 4.70. The van der Waals surface area contributed by atoms with Crippen LogP contribution >= 0.6 is 0 Å². The highest BCUT2D eigenvalue weighted by atomic mass is 15.2. The zero-order valence-electron chi connectivity index (χ0n) is 26.6. The summed E-state index contributed by atoms with van der Waals surface area (Å²) in [6.45, 7) is 2.24. The summed E-state index contributed by atoms with van der Waals surface area (Å²) >= 11 is 0. The standard InChI is InChI=1S/C42H37N5/c1-2-3-7-24-40(46-31-45-38-29-32(25-26-39(38)46)37-23-15-14-16-33(37)30-43)41-44-27-28-47(41)42(34-17-8-4-9-18-34,35-19-10-5-11-20-35)36-21-12-6-13-22-36/h4-6,8-23,25-29,31,40H,2-3,7,24H2,1H3. The summed E-state index contributed by atoms with van der Waals surface area (Å²) in [5.41, 5.74) is 7.34. The van der Waals surface area contributed by atoms with Crippen LogP contribution in [-0.4, -0.2) is 19.1 Å². The molecule has 230 valence electrons. The van der Waals surface area contributed by atoms with Gasteiger partial charge in [0.15, 0.2) is 0 Å². The lowest BCUT2D eigenvalue weighted by atomic mass is 9.76. The summed E-state index contributed by atoms with van der Waals surface area (Å²) in [5.74, 6) is 0.982. The molecular weight excluding hydrogens is 574 g/mol. The molecule has 1 unspecified atom stereocenters. The smallest absolute Gasteiger partial charge is 0.133 e. The SMILES string of the molecule is CCCCCC(c1nccn1C(c1ccccc1)(c1ccccc1)c1ccccc1)n1cnc2cc(-c3ccccc3C#N)ccc21. The number of benzene rings is 5. The lowest BCUT2D eigenvalue weighted by molar-refractivity contribution is 0.425. The van der Waals surface area contributed by atoms with Gasteiger partial charge in [-0.2, -0.15) is 5.26 Å². The topological polar surface area (TPSA) is 59.4 Å². The molecule has 0 amide bonds. The molecule has 2 heterocycles. The van der Waals surface area contributed by atoms with Gasteiger partial charge >= 0.3 is 0 Å². The lowest BCUT2D eigenvalue weighted by Crippen LogP contribution is -2.39. The quantitative estimate of drug-likeness (QED) is 0.108. The van der Waals surface area contributed by atoms with Crippen LogP contribution in [0.3, 0.4) is 0 Å². The Kier molecular flexibility index (Phi) is 8.49. The maximum Gasteiger partial charge on any atom is 0.133 e. The van der Waals surface area contributed by atoms with Gasteiger partial charge in [0.2, 0.25) is 0 Å². The lowest BCUT2D eigenvalue weighted by Gasteiger charge is -2.39. The second-order valence-corrected chi connectivity index (χ2v) is 12.0. The van der Waals surface area contributed by atoms with Crippen LogP contribution < -0.4 is 0 Å². The molecule has 47 heavy (non-hydrogen) atoms. The molecule has 2 aromatic heterocycles. The Balaban J connectivity index is 1.44. The van der Waals surface area contributed by atoms with Gasteiger partial charge in [-0.3, -0.25) is 0 Å². The average Bonchev–Trinajstić information content (AvgIpc) is 3.80. The van der Waals surface area contributed by atoms with Gasteiger partial charge in [0.1, 0.15) is 11.4 Å². The first-order valence-corrected chi connectivity index (χ1v) is 16.4. The normalized spacial score (nSPS) is 12.2. The van der Waals surface area contributed by atoms with Crippen LogP contribution in [0.2, 0.25) is 0 Å². The summed E-state index contributed by atoms with van der Waals surface area (Å²) in [7, 11) is 0. The van der Waals surface area contributed by atoms with E-state index in [1.807, 2.05) is 36.8 Å². The minimum absolute atomic E-state index is 0.0608. The van der Waals surface area contributed by atoms with Gasteiger partial charge in [0.05, 0.1) is 35.0 Å². The second kappa shape index (κ2) is 13.3. The minimum atomic E-state index is -0.664. The van der Waals surface area contributed by atoms with Crippen LogP contribution in [0.4, 0.5) is 0 Å². The van der Waals surface area contributed by atoms with E-state index in [-0.39, 0.29) is 6.04 Å². The Labute approximate surface area is 276 Å². The molecule has 0 aliphatic heterocycles. The van der Waals surface area contributed by atoms with Crippen molar-refractivity contribution in [1.29, 1.82) is 5.26 Å². The molecular formula is C42H37N5. The summed E-state index contributed by atoms with van der Waals surface area (Å²) in [5, 5.41) is 9.74. The fraction of sp³-hybridized carbons (Fsp3) is 0.167. The Morgan fingerprint density at radius 1 is 0.723 bits per heavy atom. The van der Waals surface area contributed by atoms with Crippen molar-refractivity contribution in [3.63, 3.8) is 0 Å². The molecule has 0 radical (unpaired) electrons. The number of nitriles is 1. The van der Waals surface area contributed by atoms with E-state index >= 15 is 0 Å². The average molecular weight is 612 g/mol. The Morgan fingerprint density at radius 3 is 1.96 bits per heavy atom. The highest BCUT2D eigenvalue weighted by molar-refractivity contribution is 5.84. The predicted octanol–water partition coefficient (Wildman–Crippen LogP) is 9.78. The number of nitrogens with zero attached hydrogens (tertiary/aromatic N) is 5. The number of unbranched alkanes of at least 4 members (excludes halogenated alkanes) is 2. The van der Waals surface area contributed by atoms with Gasteiger partial charge in [0, 0.05) is 12.4 Å². The van der Waals surface area contributed by atoms with Crippen molar-refractivity contribution in [2.45, 2.75) is 44.2 Å². The first-order chi connectivity index (χ1) is 23.3. The summed E-state index contributed by atoms with van der Waals surface area (Å²) in [4.78, 5) is 10.1. The Hall–Kier alpha value is -5.73. The fourth-order valence-corrected chi connectivity index (χ4v) is 7.06. The van der Waals surface area contributed by atoms with Crippen molar-refractivity contribution in [3.05, 3.63) is 180 Å². The first-order valence-electron chi connectivity index (χ1n) is 16.4. The maximum absolute atomic E-state index is 9.74. The molecule has 5 aromatic carbocycles. The number of hydrogen-bond donors (Lipinski definition) is 0. The van der Waals surface area contributed by atoms with E-state index in [4.69, 9.17) is 9.97 Å². The van der Waals surface area contributed by atoms with E-state index < -0.39 is 5.54 Å². The zero-order chi connectivity index (χ0) is 32.1. The zero-order valence-corrected chi connectivity index (χ0v) is 26.6. The van der Waals surface area contributed by atoms with E-state index in [1.54, 1.807) is 0 Å². The van der Waals surface area contributed by atoms with E-state index in [0.717, 1.165) is 53.7 Å². The molecule has 1 atom stereocenters. The molecule has 0 N–H and O–H groups in total. The van der Waals surface area contributed by atoms with Crippen molar-refractivity contribution in [3.8, 4) is 17.2 Å². The highest BCUT2D eigenvalue weighted by Crippen LogP contribution is 2.43. The van der Waals surface area contributed by atoms with E-state index in [9.17, 15) is 5.26 Å². The molecule has 0 saturated heterocycles. The summed E-state index contributed by atoms with van der Waals surface area (Å²) in [6, 6.07) is 48.7. The number of hydrogen-bond acceptors (Lipinski definition) is 3. The third-order valence-corrected chi connectivity index (χ3v) is 9.25. The molecule has 0 saturated carbocycles. The van der Waals surface area contributed by atoms with Crippen molar-refractivity contribution in [2.75, 3.05) is 0 Å². The Morgan fingerprint density at radius 2 is 1.34 bits per heavy atom. The van der Waals surface area contributed by atoms with Crippen LogP contribution in [-0.2, 0) is 5.54 Å². The van der Waals surface area contributed by atoms with Crippen LogP contribution in [0.15, 0.2) is 152 Å². The number of imidazole rings is 2. The van der Waals surface area contributed by atoms with Gasteiger partial charge in [-0.25, -0.2) is 9.97 Å². The van der Waals surface area contributed by atoms with Gasteiger partial charge in [-0.15, -0.1) is 0 Å². The van der Waals surface area contributed by atoms with Gasteiger partial charge < -0.3 is 9.13 Å². The molecule has 5 nitrogen and oxygen atoms in total. The van der Waals surface area contributed by atoms with E-state index in [0.29, 0.717) is 5.56 Å². The molecule has 0 aliphatic rings. The molecule has 7 rings (SSSR count). The second-order valence-electron chi connectivity index (χ2n) is 12.0. The van der Waals surface area contributed by atoms with Gasteiger partial charge in [-0.05, 0) is 52.4 Å². The third kappa shape index (κ3) is 5.42. The van der Waals surface area contributed by atoms with Crippen molar-refractivity contribution >= 4 is 11.0 Å². The van der Waals surface area contributed by atoms with Crippen LogP contribution in [0, 0.1) is 11.3 Å². The highest BCUT2D eigenvalue weighted by Gasteiger charge is 2.41. The number of rotatable bonds is 11. The number of fused-ring (bicyclic) bond motifs is 1. The van der Waals surface area contributed by atoms with Gasteiger partial charge in [-0.1, -0.05) is 141 Å². The third-order valence-electron chi connectivity index (χ3n) is 9.25. The molecule has 0 fully saturated rings. The van der Waals surface area contributed by atoms with Crippen molar-refractivity contribution in [2.24, 2.45) is 0 Å². The molecule has 7 aromatic rings. The minimum Gasteiger partial charge on any atom is -0.320 e. The maximum atomic E-state index is 9.74. The van der Waals surface area contributed by atoms with Crippen molar-refractivity contribution in [1.82, 2.24) is 19.1 Å². The molecule has 5 heteroatoms. The van der Waals surface area contributed by atoms with E-state index in [1.165, 1.54) is 16.7 Å². The summed E-state index contributed by atoms with van der Waals surface area (Å²) in [6.07, 6.45) is 10.3. The molecule has 0 spiro atoms. The molecule has 0 aliphatic carbocycles. The van der Waals surface area contributed by atoms with Crippen LogP contribution in [0.1, 0.15) is 66.7 Å². The monoisotopic (exact) mass is 611 g/mol.